The summed E-state index contributed by atoms with van der Waals surface area (Å²) in [4.78, 5) is 51.4. The first-order valence-corrected chi connectivity index (χ1v) is 12.5. The Bertz CT molecular complexity index is 1370. The largest absolute Gasteiger partial charge is 0.468 e. The van der Waals surface area contributed by atoms with Gasteiger partial charge in [0.2, 0.25) is 0 Å². The van der Waals surface area contributed by atoms with Crippen molar-refractivity contribution in [1.82, 2.24) is 20.3 Å². The minimum atomic E-state index is -4.24. The lowest BCUT2D eigenvalue weighted by atomic mass is 10.1. The molecule has 1 aromatic heterocycles. The van der Waals surface area contributed by atoms with Gasteiger partial charge in [0, 0.05) is 18.3 Å². The second-order valence-electron chi connectivity index (χ2n) is 7.64. The number of amides is 3. The zero-order valence-electron chi connectivity index (χ0n) is 19.8. The summed E-state index contributed by atoms with van der Waals surface area (Å²) in [6, 6.07) is 17.2. The van der Waals surface area contributed by atoms with Crippen LogP contribution in [0.1, 0.15) is 36.8 Å². The summed E-state index contributed by atoms with van der Waals surface area (Å²) in [6.45, 7) is 0.0599. The first kappa shape index (κ1) is 27.0. The molecule has 0 fully saturated rings. The summed E-state index contributed by atoms with van der Waals surface area (Å²) in [7, 11) is -3.07. The Balaban J connectivity index is 1.56. The first-order valence-electron chi connectivity index (χ1n) is 11.0. The molecular weight excluding hydrogens is 500 g/mol. The van der Waals surface area contributed by atoms with Gasteiger partial charge in [-0.3, -0.25) is 24.2 Å². The van der Waals surface area contributed by atoms with Crippen LogP contribution in [0.25, 0.3) is 0 Å². The smallest absolute Gasteiger partial charge is 0.325 e. The number of hydrogen-bond donors (Lipinski definition) is 3. The number of nitrogens with zero attached hydrogens (tertiary/aromatic N) is 1. The van der Waals surface area contributed by atoms with E-state index in [4.69, 9.17) is 0 Å². The van der Waals surface area contributed by atoms with Crippen molar-refractivity contribution in [1.29, 1.82) is 0 Å². The molecule has 0 saturated carbocycles. The fourth-order valence-electron chi connectivity index (χ4n) is 3.07. The van der Waals surface area contributed by atoms with Gasteiger partial charge in [-0.2, -0.15) is 0 Å². The molecule has 192 valence electrons. The number of methoxy groups -OCH3 is 1. The Morgan fingerprint density at radius 2 is 1.49 bits per heavy atom. The molecule has 0 atom stereocenters. The van der Waals surface area contributed by atoms with E-state index in [1.807, 2.05) is 35.1 Å². The third kappa shape index (κ3) is 7.70. The highest BCUT2D eigenvalue weighted by molar-refractivity contribution is 7.90. The summed E-state index contributed by atoms with van der Waals surface area (Å²) in [5.41, 5.74) is 1.15. The van der Waals surface area contributed by atoms with Gasteiger partial charge in [0.15, 0.2) is 0 Å². The van der Waals surface area contributed by atoms with Gasteiger partial charge in [0.25, 0.3) is 27.7 Å². The number of benzene rings is 2. The van der Waals surface area contributed by atoms with E-state index >= 15 is 0 Å². The van der Waals surface area contributed by atoms with Crippen molar-refractivity contribution in [2.75, 3.05) is 20.2 Å². The molecule has 3 aromatic rings. The Kier molecular flexibility index (Phi) is 9.05. The second kappa shape index (κ2) is 12.4. The van der Waals surface area contributed by atoms with Crippen LogP contribution in [0.2, 0.25) is 0 Å². The Morgan fingerprint density at radius 3 is 2.11 bits per heavy atom. The van der Waals surface area contributed by atoms with Gasteiger partial charge in [-0.25, -0.2) is 13.1 Å². The summed E-state index contributed by atoms with van der Waals surface area (Å²) >= 11 is 0. The highest BCUT2D eigenvalue weighted by Gasteiger charge is 2.20. The number of ether oxygens (including phenoxy) is 1. The predicted molar refractivity (Wildman–Crippen MR) is 132 cm³/mol. The van der Waals surface area contributed by atoms with Crippen LogP contribution in [-0.2, 0) is 26.0 Å². The molecule has 11 nitrogen and oxygen atoms in total. The van der Waals surface area contributed by atoms with Crippen LogP contribution in [0.15, 0.2) is 77.8 Å². The number of aromatic nitrogens is 1. The molecule has 0 unspecified atom stereocenters. The van der Waals surface area contributed by atoms with Crippen LogP contribution in [0.5, 0.6) is 0 Å². The molecule has 0 aliphatic heterocycles. The van der Waals surface area contributed by atoms with Crippen molar-refractivity contribution in [3.8, 4) is 0 Å². The lowest BCUT2D eigenvalue weighted by Crippen LogP contribution is -2.32. The maximum Gasteiger partial charge on any atom is 0.325 e. The fourth-order valence-corrected chi connectivity index (χ4v) is 4.04. The summed E-state index contributed by atoms with van der Waals surface area (Å²) in [6.07, 6.45) is 1.68. The SMILES string of the molecule is COC(=O)CNC(=O)c1ccc(C(=O)NS(=O)(=O)c2ccc(C(=O)NCCc3ccccc3)cc2)cn1. The van der Waals surface area contributed by atoms with Crippen LogP contribution in [0, 0.1) is 0 Å². The predicted octanol–water partition coefficient (Wildman–Crippen LogP) is 1.08. The van der Waals surface area contributed by atoms with Gasteiger partial charge >= 0.3 is 5.97 Å². The highest BCUT2D eigenvalue weighted by atomic mass is 32.2. The molecule has 0 aliphatic rings. The van der Waals surface area contributed by atoms with Gasteiger partial charge < -0.3 is 15.4 Å². The summed E-state index contributed by atoms with van der Waals surface area (Å²) in [5, 5.41) is 5.06. The summed E-state index contributed by atoms with van der Waals surface area (Å²) in [5.74, 6) is -2.64. The van der Waals surface area contributed by atoms with E-state index in [-0.39, 0.29) is 34.2 Å². The van der Waals surface area contributed by atoms with Crippen molar-refractivity contribution >= 4 is 33.7 Å². The van der Waals surface area contributed by atoms with Gasteiger partial charge in [-0.15, -0.1) is 0 Å². The minimum Gasteiger partial charge on any atom is -0.468 e. The second-order valence-corrected chi connectivity index (χ2v) is 9.32. The van der Waals surface area contributed by atoms with Crippen molar-refractivity contribution in [3.63, 3.8) is 0 Å². The fraction of sp³-hybridized carbons (Fsp3) is 0.160. The number of rotatable bonds is 10. The topological polar surface area (TPSA) is 161 Å². The number of carbonyl (C=O) groups excluding carboxylic acids is 4. The van der Waals surface area contributed by atoms with Crippen molar-refractivity contribution in [3.05, 3.63) is 95.3 Å². The van der Waals surface area contributed by atoms with E-state index in [9.17, 15) is 27.6 Å². The monoisotopic (exact) mass is 524 g/mol. The molecule has 0 radical (unpaired) electrons. The highest BCUT2D eigenvalue weighted by Crippen LogP contribution is 2.12. The molecule has 3 amide bonds. The zero-order chi connectivity index (χ0) is 26.8. The number of pyridine rings is 1. The maximum absolute atomic E-state index is 12.6. The molecular formula is C25H24N4O7S. The van der Waals surface area contributed by atoms with Crippen LogP contribution >= 0.6 is 0 Å². The van der Waals surface area contributed by atoms with E-state index in [1.54, 1.807) is 0 Å². The molecule has 3 rings (SSSR count). The molecule has 0 bridgehead atoms. The number of esters is 1. The third-order valence-corrected chi connectivity index (χ3v) is 6.42. The average Bonchev–Trinajstić information content (AvgIpc) is 2.92. The molecule has 1 heterocycles. The van der Waals surface area contributed by atoms with E-state index in [2.05, 4.69) is 20.4 Å². The van der Waals surface area contributed by atoms with Crippen LogP contribution in [0.4, 0.5) is 0 Å². The van der Waals surface area contributed by atoms with Crippen LogP contribution < -0.4 is 15.4 Å². The molecule has 0 spiro atoms. The minimum absolute atomic E-state index is 0.0825. The van der Waals surface area contributed by atoms with Gasteiger partial charge in [-0.1, -0.05) is 30.3 Å². The standard InChI is InChI=1S/C25H24N4O7S/c1-36-22(30)16-28-25(33)21-12-9-19(15-27-21)24(32)29-37(34,35)20-10-7-18(8-11-20)23(31)26-14-13-17-5-3-2-4-6-17/h2-12,15H,13-14,16H2,1H3,(H,26,31)(H,28,33)(H,29,32). The molecule has 37 heavy (non-hydrogen) atoms. The van der Waals surface area contributed by atoms with E-state index in [1.165, 1.54) is 43.5 Å². The molecule has 0 aliphatic carbocycles. The molecule has 0 saturated heterocycles. The number of carbonyl (C=O) groups is 4. The summed E-state index contributed by atoms with van der Waals surface area (Å²) < 4.78 is 31.6. The Labute approximate surface area is 213 Å². The quantitative estimate of drug-likeness (QED) is 0.332. The van der Waals surface area contributed by atoms with Gasteiger partial charge in [0.1, 0.15) is 12.2 Å². The van der Waals surface area contributed by atoms with Gasteiger partial charge in [0.05, 0.1) is 17.6 Å². The maximum atomic E-state index is 12.6. The van der Waals surface area contributed by atoms with Gasteiger partial charge in [-0.05, 0) is 48.4 Å². The molecule has 3 N–H and O–H groups in total. The molecule has 12 heteroatoms. The lowest BCUT2D eigenvalue weighted by molar-refractivity contribution is -0.139. The first-order chi connectivity index (χ1) is 17.7. The van der Waals surface area contributed by atoms with Crippen LogP contribution in [-0.4, -0.2) is 57.3 Å². The Hall–Kier alpha value is -4.58. The van der Waals surface area contributed by atoms with E-state index in [0.29, 0.717) is 13.0 Å². The number of hydrogen-bond acceptors (Lipinski definition) is 8. The zero-order valence-corrected chi connectivity index (χ0v) is 20.6. The number of sulfonamides is 1. The third-order valence-electron chi connectivity index (χ3n) is 5.08. The molecule has 2 aromatic carbocycles. The van der Waals surface area contributed by atoms with Crippen LogP contribution in [0.3, 0.4) is 0 Å². The normalized spacial score (nSPS) is 10.7. The van der Waals surface area contributed by atoms with Crippen molar-refractivity contribution < 1.29 is 32.3 Å². The van der Waals surface area contributed by atoms with Crippen molar-refractivity contribution in [2.45, 2.75) is 11.3 Å². The lowest BCUT2D eigenvalue weighted by Gasteiger charge is -2.09. The Morgan fingerprint density at radius 1 is 0.811 bits per heavy atom. The van der Waals surface area contributed by atoms with E-state index in [0.717, 1.165) is 11.8 Å². The van der Waals surface area contributed by atoms with Crippen molar-refractivity contribution in [2.24, 2.45) is 0 Å². The van der Waals surface area contributed by atoms with E-state index < -0.39 is 27.8 Å². The number of nitrogens with one attached hydrogen (secondary N) is 3. The average molecular weight is 525 g/mol.